The number of nitrogens with one attached hydrogen (secondary N) is 2. The van der Waals surface area contributed by atoms with E-state index in [2.05, 4.69) is 10.6 Å². The van der Waals surface area contributed by atoms with E-state index in [1.54, 1.807) is 23.6 Å². The third kappa shape index (κ3) is 2.70. The Labute approximate surface area is 135 Å². The van der Waals surface area contributed by atoms with Crippen molar-refractivity contribution in [3.05, 3.63) is 22.4 Å². The van der Waals surface area contributed by atoms with Crippen molar-refractivity contribution in [3.63, 3.8) is 0 Å². The van der Waals surface area contributed by atoms with Crippen LogP contribution in [-0.4, -0.2) is 35.4 Å². The summed E-state index contributed by atoms with van der Waals surface area (Å²) in [6.07, 6.45) is -0.411. The number of carbonyl (C=O) groups is 3. The van der Waals surface area contributed by atoms with E-state index < -0.39 is 29.8 Å². The number of thiocarbonyl (C=S) groups is 1. The van der Waals surface area contributed by atoms with E-state index in [-0.39, 0.29) is 10.9 Å². The van der Waals surface area contributed by atoms with Crippen molar-refractivity contribution in [2.45, 2.75) is 12.0 Å². The lowest BCUT2D eigenvalue weighted by atomic mass is 9.78. The lowest BCUT2D eigenvalue weighted by Gasteiger charge is -2.38. The highest BCUT2D eigenvalue weighted by Gasteiger charge is 2.55. The van der Waals surface area contributed by atoms with E-state index in [1.165, 1.54) is 11.3 Å². The SMILES string of the molecule is COC(=O)[C@]1(CC(=O)c2cccs2)NC(=S)NC(=O)[C@@H]1C#N. The summed E-state index contributed by atoms with van der Waals surface area (Å²) >= 11 is 6.09. The van der Waals surface area contributed by atoms with Crippen molar-refractivity contribution in [2.24, 2.45) is 5.92 Å². The minimum Gasteiger partial charge on any atom is -0.467 e. The first-order valence-corrected chi connectivity index (χ1v) is 7.41. The number of nitrogens with zero attached hydrogens (tertiary/aromatic N) is 1. The van der Waals surface area contributed by atoms with E-state index >= 15 is 0 Å². The number of methoxy groups -OCH3 is 1. The number of amides is 1. The maximum atomic E-state index is 12.4. The molecule has 2 heterocycles. The van der Waals surface area contributed by atoms with Crippen molar-refractivity contribution in [1.82, 2.24) is 10.6 Å². The summed E-state index contributed by atoms with van der Waals surface area (Å²) in [4.78, 5) is 37.0. The van der Waals surface area contributed by atoms with Gasteiger partial charge >= 0.3 is 5.97 Å². The van der Waals surface area contributed by atoms with Crippen LogP contribution >= 0.6 is 23.6 Å². The molecule has 1 aromatic heterocycles. The molecule has 22 heavy (non-hydrogen) atoms. The lowest BCUT2D eigenvalue weighted by molar-refractivity contribution is -0.152. The molecular weight excluding hydrogens is 326 g/mol. The van der Waals surface area contributed by atoms with Gasteiger partial charge < -0.3 is 15.4 Å². The summed E-state index contributed by atoms with van der Waals surface area (Å²) in [6, 6.07) is 5.04. The number of carbonyl (C=O) groups excluding carboxylic acids is 3. The molecule has 1 fully saturated rings. The van der Waals surface area contributed by atoms with E-state index in [1.807, 2.05) is 0 Å². The first-order valence-electron chi connectivity index (χ1n) is 6.12. The van der Waals surface area contributed by atoms with Gasteiger partial charge in [-0.15, -0.1) is 11.3 Å². The van der Waals surface area contributed by atoms with Gasteiger partial charge in [0.25, 0.3) is 0 Å². The van der Waals surface area contributed by atoms with Crippen molar-refractivity contribution in [2.75, 3.05) is 7.11 Å². The van der Waals surface area contributed by atoms with Crippen LogP contribution in [0.3, 0.4) is 0 Å². The van der Waals surface area contributed by atoms with Gasteiger partial charge in [-0.1, -0.05) is 6.07 Å². The van der Waals surface area contributed by atoms with Crippen LogP contribution in [0.5, 0.6) is 0 Å². The van der Waals surface area contributed by atoms with Gasteiger partial charge in [-0.2, -0.15) is 5.26 Å². The maximum Gasteiger partial charge on any atom is 0.334 e. The molecule has 0 bridgehead atoms. The summed E-state index contributed by atoms with van der Waals surface area (Å²) in [7, 11) is 1.12. The molecule has 1 amide bonds. The number of ether oxygens (including phenoxy) is 1. The van der Waals surface area contributed by atoms with Crippen molar-refractivity contribution >= 4 is 46.3 Å². The number of nitriles is 1. The third-order valence-corrected chi connectivity index (χ3v) is 4.36. The Morgan fingerprint density at radius 3 is 2.86 bits per heavy atom. The van der Waals surface area contributed by atoms with Crippen LogP contribution in [0.15, 0.2) is 17.5 Å². The van der Waals surface area contributed by atoms with Gasteiger partial charge in [0.05, 0.1) is 18.1 Å². The van der Waals surface area contributed by atoms with Crippen molar-refractivity contribution in [3.8, 4) is 6.07 Å². The fourth-order valence-electron chi connectivity index (χ4n) is 2.23. The minimum atomic E-state index is -1.83. The van der Waals surface area contributed by atoms with Crippen LogP contribution in [0, 0.1) is 17.2 Å². The van der Waals surface area contributed by atoms with Crippen LogP contribution in [0.25, 0.3) is 0 Å². The molecule has 114 valence electrons. The minimum absolute atomic E-state index is 0.124. The third-order valence-electron chi connectivity index (χ3n) is 3.24. The molecule has 1 aliphatic heterocycles. The lowest BCUT2D eigenvalue weighted by Crippen LogP contribution is -2.70. The molecule has 1 aliphatic rings. The highest BCUT2D eigenvalue weighted by Crippen LogP contribution is 2.29. The quantitative estimate of drug-likeness (QED) is 0.464. The second-order valence-corrected chi connectivity index (χ2v) is 5.90. The monoisotopic (exact) mass is 337 g/mol. The Hall–Kier alpha value is -2.31. The molecule has 2 N–H and O–H groups in total. The number of Topliss-reactive ketones (excluding diaryl/α,β-unsaturated/α-hetero) is 1. The van der Waals surface area contributed by atoms with Crippen molar-refractivity contribution < 1.29 is 19.1 Å². The second kappa shape index (κ2) is 6.21. The predicted octanol–water partition coefficient (Wildman–Crippen LogP) is 0.377. The first-order chi connectivity index (χ1) is 10.4. The zero-order chi connectivity index (χ0) is 16.3. The van der Waals surface area contributed by atoms with Gasteiger partial charge in [0.2, 0.25) is 5.91 Å². The van der Waals surface area contributed by atoms with Crippen LogP contribution in [0.1, 0.15) is 16.1 Å². The molecule has 0 spiro atoms. The van der Waals surface area contributed by atoms with Crippen LogP contribution in [0.4, 0.5) is 0 Å². The number of hydrogen-bond donors (Lipinski definition) is 2. The molecular formula is C13H11N3O4S2. The summed E-state index contributed by atoms with van der Waals surface area (Å²) in [5.74, 6) is -3.45. The van der Waals surface area contributed by atoms with E-state index in [0.29, 0.717) is 4.88 Å². The molecule has 0 saturated carbocycles. The van der Waals surface area contributed by atoms with Crippen molar-refractivity contribution in [1.29, 1.82) is 5.26 Å². The number of ketones is 1. The van der Waals surface area contributed by atoms with Gasteiger partial charge in [-0.25, -0.2) is 4.79 Å². The van der Waals surface area contributed by atoms with Crippen LogP contribution in [0.2, 0.25) is 0 Å². The Morgan fingerprint density at radius 2 is 2.32 bits per heavy atom. The molecule has 1 aromatic rings. The zero-order valence-electron chi connectivity index (χ0n) is 11.4. The average molecular weight is 337 g/mol. The summed E-state index contributed by atoms with van der Waals surface area (Å²) < 4.78 is 4.70. The molecule has 1 saturated heterocycles. The number of rotatable bonds is 4. The Bertz CT molecular complexity index is 680. The second-order valence-electron chi connectivity index (χ2n) is 4.55. The van der Waals surface area contributed by atoms with Crippen LogP contribution in [-0.2, 0) is 14.3 Å². The van der Waals surface area contributed by atoms with Gasteiger partial charge in [0.15, 0.2) is 22.4 Å². The number of hydrogen-bond acceptors (Lipinski definition) is 7. The fraction of sp³-hybridized carbons (Fsp3) is 0.308. The number of esters is 1. The Morgan fingerprint density at radius 1 is 1.59 bits per heavy atom. The molecule has 7 nitrogen and oxygen atoms in total. The molecule has 0 unspecified atom stereocenters. The largest absolute Gasteiger partial charge is 0.467 e. The fourth-order valence-corrected chi connectivity index (χ4v) is 3.18. The van der Waals surface area contributed by atoms with Gasteiger partial charge in [-0.3, -0.25) is 9.59 Å². The molecule has 0 aliphatic carbocycles. The molecule has 2 atom stereocenters. The summed E-state index contributed by atoms with van der Waals surface area (Å²) in [5, 5.41) is 15.7. The smallest absolute Gasteiger partial charge is 0.334 e. The average Bonchev–Trinajstić information content (AvgIpc) is 3.00. The number of thiophene rings is 1. The highest BCUT2D eigenvalue weighted by atomic mass is 32.1. The Balaban J connectivity index is 2.45. The maximum absolute atomic E-state index is 12.4. The highest BCUT2D eigenvalue weighted by molar-refractivity contribution is 7.80. The molecule has 0 aromatic carbocycles. The van der Waals surface area contributed by atoms with E-state index in [9.17, 15) is 19.6 Å². The topological polar surface area (TPSA) is 108 Å². The summed E-state index contributed by atoms with van der Waals surface area (Å²) in [5.41, 5.74) is -1.83. The van der Waals surface area contributed by atoms with E-state index in [0.717, 1.165) is 7.11 Å². The van der Waals surface area contributed by atoms with Gasteiger partial charge in [0, 0.05) is 6.42 Å². The standard InChI is InChI=1S/C13H11N3O4S2/c1-20-11(19)13(5-8(17)9-3-2-4-22-9)7(6-14)10(18)15-12(21)16-13/h2-4,7H,5H2,1H3,(H2,15,16,18,21)/t7-,13+/m0/s1. The summed E-state index contributed by atoms with van der Waals surface area (Å²) in [6.45, 7) is 0. The first kappa shape index (κ1) is 16.1. The van der Waals surface area contributed by atoms with Crippen LogP contribution < -0.4 is 10.6 Å². The Kier molecular flexibility index (Phi) is 4.54. The van der Waals surface area contributed by atoms with Gasteiger partial charge in [0.1, 0.15) is 0 Å². The predicted molar refractivity (Wildman–Crippen MR) is 81.0 cm³/mol. The van der Waals surface area contributed by atoms with E-state index in [4.69, 9.17) is 17.0 Å². The zero-order valence-corrected chi connectivity index (χ0v) is 13.0. The molecule has 2 rings (SSSR count). The molecule has 0 radical (unpaired) electrons. The normalized spacial score (nSPS) is 23.9. The molecule has 9 heteroatoms. The van der Waals surface area contributed by atoms with Gasteiger partial charge in [-0.05, 0) is 23.7 Å².